The summed E-state index contributed by atoms with van der Waals surface area (Å²) in [5.41, 5.74) is 1.35. The fourth-order valence-electron chi connectivity index (χ4n) is 3.25. The molecular weight excluding hydrogens is 479 g/mol. The summed E-state index contributed by atoms with van der Waals surface area (Å²) in [5, 5.41) is 3.75. The van der Waals surface area contributed by atoms with Crippen molar-refractivity contribution >= 4 is 32.4 Å². The van der Waals surface area contributed by atoms with Crippen molar-refractivity contribution in [2.45, 2.75) is 25.0 Å². The molecule has 1 N–H and O–H groups in total. The van der Waals surface area contributed by atoms with E-state index >= 15 is 0 Å². The number of imidazole rings is 1. The van der Waals surface area contributed by atoms with Gasteiger partial charge in [-0.3, -0.25) is 9.63 Å². The molecule has 34 heavy (non-hydrogen) atoms. The smallest absolute Gasteiger partial charge is 0.326 e. The van der Waals surface area contributed by atoms with Crippen LogP contribution in [0.3, 0.4) is 0 Å². The first-order valence-corrected chi connectivity index (χ1v) is 11.6. The van der Waals surface area contributed by atoms with Crippen molar-refractivity contribution in [1.82, 2.24) is 34.6 Å². The van der Waals surface area contributed by atoms with E-state index in [0.717, 1.165) is 16.8 Å². The highest BCUT2D eigenvalue weighted by atomic mass is 32.2. The molecule has 0 saturated heterocycles. The quantitative estimate of drug-likeness (QED) is 0.401. The summed E-state index contributed by atoms with van der Waals surface area (Å²) in [5.74, 6) is -0.899. The van der Waals surface area contributed by atoms with Gasteiger partial charge in [-0.05, 0) is 13.0 Å². The standard InChI is InChI=1S/C19H18F3N7O4S/c1-4-33-27-17(30)10-7-24-15-14(18(26-29(15)9-10)34(31,32)5-2)16-25-11-6-13(19(20,21)22)23-8-12(11)28(16)3/h6-9H,4-5H2,1-3H3,(H,27,30). The van der Waals surface area contributed by atoms with Crippen LogP contribution in [-0.2, 0) is 27.9 Å². The van der Waals surface area contributed by atoms with Gasteiger partial charge >= 0.3 is 6.18 Å². The first kappa shape index (κ1) is 23.6. The molecule has 15 heteroatoms. The van der Waals surface area contributed by atoms with Crippen molar-refractivity contribution in [3.05, 3.63) is 35.9 Å². The molecule has 0 unspecified atom stereocenters. The summed E-state index contributed by atoms with van der Waals surface area (Å²) >= 11 is 0. The molecule has 180 valence electrons. The maximum atomic E-state index is 13.1. The van der Waals surface area contributed by atoms with E-state index in [9.17, 15) is 26.4 Å². The molecule has 0 spiro atoms. The van der Waals surface area contributed by atoms with Crippen LogP contribution in [0.1, 0.15) is 29.9 Å². The van der Waals surface area contributed by atoms with Gasteiger partial charge in [-0.1, -0.05) is 6.92 Å². The average molecular weight is 497 g/mol. The number of pyridine rings is 1. The summed E-state index contributed by atoms with van der Waals surface area (Å²) in [7, 11) is -2.41. The normalized spacial score (nSPS) is 12.5. The zero-order chi connectivity index (χ0) is 24.8. The Morgan fingerprint density at radius 3 is 2.59 bits per heavy atom. The molecule has 0 fully saturated rings. The number of aromatic nitrogens is 6. The summed E-state index contributed by atoms with van der Waals surface area (Å²) < 4.78 is 67.5. The number of nitrogens with zero attached hydrogens (tertiary/aromatic N) is 6. The van der Waals surface area contributed by atoms with Gasteiger partial charge in [-0.15, -0.1) is 0 Å². The molecule has 4 aromatic rings. The molecule has 1 amide bonds. The van der Waals surface area contributed by atoms with Gasteiger partial charge in [0.25, 0.3) is 5.91 Å². The van der Waals surface area contributed by atoms with Gasteiger partial charge in [-0.2, -0.15) is 18.3 Å². The number of hydrogen-bond acceptors (Lipinski definition) is 8. The predicted molar refractivity (Wildman–Crippen MR) is 112 cm³/mol. The van der Waals surface area contributed by atoms with Crippen molar-refractivity contribution in [3.8, 4) is 11.4 Å². The van der Waals surface area contributed by atoms with E-state index in [0.29, 0.717) is 0 Å². The number of sulfone groups is 1. The molecule has 0 atom stereocenters. The molecule has 0 saturated carbocycles. The molecule has 0 bridgehead atoms. The van der Waals surface area contributed by atoms with Crippen LogP contribution < -0.4 is 5.48 Å². The first-order valence-electron chi connectivity index (χ1n) is 9.91. The summed E-state index contributed by atoms with van der Waals surface area (Å²) in [6, 6.07) is 0.780. The summed E-state index contributed by atoms with van der Waals surface area (Å²) in [6.07, 6.45) is -1.20. The third-order valence-corrected chi connectivity index (χ3v) is 6.60. The van der Waals surface area contributed by atoms with Gasteiger partial charge in [0.15, 0.2) is 20.5 Å². The highest BCUT2D eigenvalue weighted by molar-refractivity contribution is 7.91. The monoisotopic (exact) mass is 497 g/mol. The second-order valence-electron chi connectivity index (χ2n) is 7.11. The molecule has 4 heterocycles. The molecule has 4 rings (SSSR count). The Morgan fingerprint density at radius 1 is 1.21 bits per heavy atom. The Hall–Kier alpha value is -3.59. The number of carbonyl (C=O) groups excluding carboxylic acids is 1. The number of hydrogen-bond donors (Lipinski definition) is 1. The molecular formula is C19H18F3N7O4S. The number of fused-ring (bicyclic) bond motifs is 2. The summed E-state index contributed by atoms with van der Waals surface area (Å²) in [4.78, 5) is 28.9. The van der Waals surface area contributed by atoms with E-state index in [1.54, 1.807) is 6.92 Å². The van der Waals surface area contributed by atoms with Crippen LogP contribution in [0.15, 0.2) is 29.7 Å². The molecule has 0 radical (unpaired) electrons. The van der Waals surface area contributed by atoms with Gasteiger partial charge in [0.2, 0.25) is 0 Å². The zero-order valence-corrected chi connectivity index (χ0v) is 18.9. The fourth-order valence-corrected chi connectivity index (χ4v) is 4.23. The average Bonchev–Trinajstić information content (AvgIpc) is 3.34. The number of carbonyl (C=O) groups is 1. The van der Waals surface area contributed by atoms with Gasteiger partial charge in [0, 0.05) is 19.4 Å². The van der Waals surface area contributed by atoms with E-state index < -0.39 is 27.6 Å². The second kappa shape index (κ2) is 8.32. The maximum absolute atomic E-state index is 13.1. The Labute approximate surface area is 190 Å². The second-order valence-corrected chi connectivity index (χ2v) is 9.30. The SMILES string of the molecule is CCONC(=O)c1cnc2c(-c3nc4cc(C(F)(F)F)ncc4n3C)c(S(=O)(=O)CC)nn2c1. The van der Waals surface area contributed by atoms with E-state index in [1.165, 1.54) is 30.9 Å². The Morgan fingerprint density at radius 2 is 1.94 bits per heavy atom. The number of halogens is 3. The van der Waals surface area contributed by atoms with Gasteiger partial charge in [0.1, 0.15) is 17.1 Å². The van der Waals surface area contributed by atoms with E-state index in [4.69, 9.17) is 4.84 Å². The van der Waals surface area contributed by atoms with Gasteiger partial charge in [-0.25, -0.2) is 33.4 Å². The van der Waals surface area contributed by atoms with Crippen molar-refractivity contribution in [3.63, 3.8) is 0 Å². The van der Waals surface area contributed by atoms with Crippen LogP contribution >= 0.6 is 0 Å². The van der Waals surface area contributed by atoms with Crippen molar-refractivity contribution < 1.29 is 31.2 Å². The lowest BCUT2D eigenvalue weighted by molar-refractivity contribution is -0.141. The topological polar surface area (TPSA) is 133 Å². The van der Waals surface area contributed by atoms with Crippen molar-refractivity contribution in [1.29, 1.82) is 0 Å². The lowest BCUT2D eigenvalue weighted by atomic mass is 10.3. The van der Waals surface area contributed by atoms with E-state index in [2.05, 4.69) is 25.5 Å². The van der Waals surface area contributed by atoms with Crippen LogP contribution in [0.4, 0.5) is 13.2 Å². The van der Waals surface area contributed by atoms with Crippen molar-refractivity contribution in [2.75, 3.05) is 12.4 Å². The molecule has 0 aliphatic heterocycles. The number of amides is 1. The minimum atomic E-state index is -4.67. The maximum Gasteiger partial charge on any atom is 0.433 e. The fraction of sp³-hybridized carbons (Fsp3) is 0.316. The van der Waals surface area contributed by atoms with Crippen LogP contribution in [0.25, 0.3) is 28.1 Å². The number of aryl methyl sites for hydroxylation is 1. The number of hydroxylamine groups is 1. The number of rotatable bonds is 6. The lowest BCUT2D eigenvalue weighted by Crippen LogP contribution is -2.24. The molecule has 0 aromatic carbocycles. The zero-order valence-electron chi connectivity index (χ0n) is 18.1. The van der Waals surface area contributed by atoms with Crippen LogP contribution in [-0.4, -0.2) is 55.8 Å². The lowest BCUT2D eigenvalue weighted by Gasteiger charge is -2.05. The molecule has 11 nitrogen and oxygen atoms in total. The van der Waals surface area contributed by atoms with Crippen LogP contribution in [0.2, 0.25) is 0 Å². The van der Waals surface area contributed by atoms with Gasteiger partial charge in [0.05, 0.1) is 35.2 Å². The minimum Gasteiger partial charge on any atom is -0.326 e. The first-order chi connectivity index (χ1) is 16.0. The number of nitrogens with one attached hydrogen (secondary N) is 1. The van der Waals surface area contributed by atoms with Crippen LogP contribution in [0, 0.1) is 0 Å². The van der Waals surface area contributed by atoms with Gasteiger partial charge < -0.3 is 4.57 Å². The molecule has 4 aromatic heterocycles. The Balaban J connectivity index is 1.97. The van der Waals surface area contributed by atoms with E-state index in [-0.39, 0.29) is 51.0 Å². The highest BCUT2D eigenvalue weighted by Crippen LogP contribution is 2.34. The number of alkyl halides is 3. The van der Waals surface area contributed by atoms with Crippen LogP contribution in [0.5, 0.6) is 0 Å². The Bertz CT molecular complexity index is 1530. The summed E-state index contributed by atoms with van der Waals surface area (Å²) in [6.45, 7) is 3.32. The largest absolute Gasteiger partial charge is 0.433 e. The highest BCUT2D eigenvalue weighted by Gasteiger charge is 2.34. The predicted octanol–water partition coefficient (Wildman–Crippen LogP) is 2.17. The third-order valence-electron chi connectivity index (χ3n) is 4.97. The third kappa shape index (κ3) is 3.96. The van der Waals surface area contributed by atoms with E-state index in [1.807, 2.05) is 0 Å². The van der Waals surface area contributed by atoms with Crippen molar-refractivity contribution in [2.24, 2.45) is 7.05 Å². The minimum absolute atomic E-state index is 0.00845. The molecule has 0 aliphatic carbocycles. The Kier molecular flexibility index (Phi) is 5.77. The molecule has 0 aliphatic rings.